The molecular weight excluding hydrogens is 542 g/mol. The Labute approximate surface area is 249 Å². The van der Waals surface area contributed by atoms with Crippen LogP contribution in [0.15, 0.2) is 91.8 Å². The van der Waals surface area contributed by atoms with Crippen LogP contribution in [0.25, 0.3) is 0 Å². The molecule has 0 aromatic carbocycles. The lowest BCUT2D eigenvalue weighted by molar-refractivity contribution is -0.580. The predicted molar refractivity (Wildman–Crippen MR) is 160 cm³/mol. The molecule has 1 aliphatic heterocycles. The number of hydrogen-bond acceptors (Lipinski definition) is 7. The van der Waals surface area contributed by atoms with Gasteiger partial charge >= 0.3 is 11.9 Å². The number of pyridine rings is 3. The van der Waals surface area contributed by atoms with Crippen LogP contribution in [0, 0.1) is 0 Å². The van der Waals surface area contributed by atoms with Crippen LogP contribution in [0.5, 0.6) is 0 Å². The zero-order valence-corrected chi connectivity index (χ0v) is 23.7. The first-order valence-corrected chi connectivity index (χ1v) is 14.2. The van der Waals surface area contributed by atoms with Crippen molar-refractivity contribution in [1.29, 1.82) is 0 Å². The van der Waals surface area contributed by atoms with Gasteiger partial charge in [-0.25, -0.2) is 25.3 Å². The van der Waals surface area contributed by atoms with Gasteiger partial charge in [-0.15, -0.1) is 0 Å². The molecule has 13 heteroatoms. The van der Waals surface area contributed by atoms with E-state index in [-0.39, 0.29) is 0 Å². The molecular formula is C30H36N13+3. The van der Waals surface area contributed by atoms with Gasteiger partial charge in [0.15, 0.2) is 5.95 Å². The molecule has 0 spiro atoms. The van der Waals surface area contributed by atoms with Gasteiger partial charge in [-0.05, 0) is 36.4 Å². The maximum absolute atomic E-state index is 4.95. The molecule has 6 rings (SSSR count). The molecule has 0 saturated heterocycles. The topological polar surface area (TPSA) is 167 Å². The van der Waals surface area contributed by atoms with E-state index >= 15 is 0 Å². The Balaban J connectivity index is 1.17. The minimum Gasteiger partial charge on any atom is -0.350 e. The molecule has 13 nitrogen and oxygen atoms in total. The highest BCUT2D eigenvalue weighted by Crippen LogP contribution is 2.14. The second-order valence-electron chi connectivity index (χ2n) is 10.1. The van der Waals surface area contributed by atoms with E-state index in [1.54, 1.807) is 12.4 Å². The number of H-pyrrole nitrogens is 3. The predicted octanol–water partition coefficient (Wildman–Crippen LogP) is -0.262. The smallest absolute Gasteiger partial charge is 0.350 e. The van der Waals surface area contributed by atoms with Gasteiger partial charge in [-0.1, -0.05) is 18.2 Å². The summed E-state index contributed by atoms with van der Waals surface area (Å²) in [6, 6.07) is 18.5. The summed E-state index contributed by atoms with van der Waals surface area (Å²) in [6.07, 6.45) is 11.1. The minimum absolute atomic E-state index is 0.577. The number of guanidine groups is 1. The molecule has 0 fully saturated rings. The summed E-state index contributed by atoms with van der Waals surface area (Å²) in [4.78, 5) is 34.1. The van der Waals surface area contributed by atoms with Crippen molar-refractivity contribution in [3.05, 3.63) is 126 Å². The van der Waals surface area contributed by atoms with E-state index in [0.29, 0.717) is 39.3 Å². The molecule has 218 valence electrons. The van der Waals surface area contributed by atoms with E-state index in [1.807, 2.05) is 54.4 Å². The third-order valence-corrected chi connectivity index (χ3v) is 6.73. The van der Waals surface area contributed by atoms with Crippen LogP contribution in [0.3, 0.4) is 0 Å². The second-order valence-corrected chi connectivity index (χ2v) is 10.1. The number of nitrogens with one attached hydrogen (secondary N) is 7. The van der Waals surface area contributed by atoms with Gasteiger partial charge in [0.2, 0.25) is 0 Å². The number of anilines is 2. The number of hydrogen-bond donors (Lipinski definition) is 7. The van der Waals surface area contributed by atoms with Gasteiger partial charge in [-0.3, -0.25) is 25.2 Å². The fourth-order valence-corrected chi connectivity index (χ4v) is 4.74. The van der Waals surface area contributed by atoms with Crippen molar-refractivity contribution in [2.75, 3.05) is 10.6 Å². The lowest BCUT2D eigenvalue weighted by atomic mass is 10.2. The first-order valence-electron chi connectivity index (χ1n) is 14.2. The zero-order chi connectivity index (χ0) is 29.1. The van der Waals surface area contributed by atoms with Crippen molar-refractivity contribution in [1.82, 2.24) is 40.1 Å². The van der Waals surface area contributed by atoms with Gasteiger partial charge in [0, 0.05) is 32.0 Å². The molecule has 0 aliphatic carbocycles. The van der Waals surface area contributed by atoms with Crippen LogP contribution < -0.4 is 31.2 Å². The van der Waals surface area contributed by atoms with Crippen LogP contribution >= 0.6 is 0 Å². The largest absolute Gasteiger partial charge is 0.448 e. The summed E-state index contributed by atoms with van der Waals surface area (Å²) < 4.78 is 0. The number of aromatic nitrogens is 7. The van der Waals surface area contributed by atoms with Crippen molar-refractivity contribution in [3.63, 3.8) is 0 Å². The quantitative estimate of drug-likeness (QED) is 0.0946. The fourth-order valence-electron chi connectivity index (χ4n) is 4.74. The normalized spacial score (nSPS) is 13.5. The summed E-state index contributed by atoms with van der Waals surface area (Å²) in [7, 11) is 0. The van der Waals surface area contributed by atoms with Gasteiger partial charge in [0.05, 0.1) is 53.1 Å². The van der Waals surface area contributed by atoms with E-state index in [2.05, 4.69) is 76.1 Å². The summed E-state index contributed by atoms with van der Waals surface area (Å²) in [5.74, 6) is 2.54. The summed E-state index contributed by atoms with van der Waals surface area (Å²) in [5.41, 5.74) is 5.82. The first-order chi connectivity index (χ1) is 21.2. The molecule has 0 bridgehead atoms. The molecule has 6 heterocycles. The maximum Gasteiger partial charge on any atom is 0.448 e. The van der Waals surface area contributed by atoms with E-state index in [0.717, 1.165) is 52.0 Å². The molecule has 9 N–H and O–H groups in total. The Morgan fingerprint density at radius 3 is 2.02 bits per heavy atom. The summed E-state index contributed by atoms with van der Waals surface area (Å²) in [5, 5.41) is 11.8. The number of rotatable bonds is 14. The van der Waals surface area contributed by atoms with E-state index in [1.165, 1.54) is 0 Å². The van der Waals surface area contributed by atoms with Crippen LogP contribution in [0.2, 0.25) is 0 Å². The summed E-state index contributed by atoms with van der Waals surface area (Å²) in [6.45, 7) is 3.75. The highest BCUT2D eigenvalue weighted by atomic mass is 15.2. The van der Waals surface area contributed by atoms with Crippen molar-refractivity contribution >= 4 is 17.9 Å². The number of nitrogens with two attached hydrogens (primary N) is 1. The molecule has 43 heavy (non-hydrogen) atoms. The van der Waals surface area contributed by atoms with Crippen molar-refractivity contribution in [2.24, 2.45) is 0 Å². The van der Waals surface area contributed by atoms with Gasteiger partial charge < -0.3 is 10.3 Å². The number of imidazole rings is 2. The Bertz CT molecular complexity index is 1550. The fraction of sp³-hybridized carbons (Fsp3) is 0.200. The maximum atomic E-state index is 4.95. The third-order valence-electron chi connectivity index (χ3n) is 6.73. The van der Waals surface area contributed by atoms with E-state index in [9.17, 15) is 0 Å². The lowest BCUT2D eigenvalue weighted by Gasteiger charge is -2.22. The molecule has 5 aromatic rings. The number of quaternary nitrogens is 1. The zero-order valence-electron chi connectivity index (χ0n) is 23.7. The highest BCUT2D eigenvalue weighted by Gasteiger charge is 2.15. The second kappa shape index (κ2) is 14.0. The Morgan fingerprint density at radius 2 is 1.42 bits per heavy atom. The lowest BCUT2D eigenvalue weighted by Crippen LogP contribution is -2.97. The molecule has 0 atom stereocenters. The molecule has 1 aliphatic rings. The number of aromatic amines is 3. The molecule has 0 amide bonds. The molecule has 0 radical (unpaired) electrons. The average molecular weight is 579 g/mol. The van der Waals surface area contributed by atoms with Crippen LogP contribution in [0.4, 0.5) is 11.9 Å². The van der Waals surface area contributed by atoms with Gasteiger partial charge in [0.25, 0.3) is 0 Å². The number of nitrogens with zero attached hydrogens (tertiary/aromatic N) is 5. The molecule has 0 saturated carbocycles. The van der Waals surface area contributed by atoms with Crippen LogP contribution in [0.1, 0.15) is 34.2 Å². The average Bonchev–Trinajstić information content (AvgIpc) is 3.84. The highest BCUT2D eigenvalue weighted by molar-refractivity contribution is 5.66. The Kier molecular flexibility index (Phi) is 9.02. The standard InChI is InChI=1S/C30H33N13/c1-4-22(16-37-28-31-10-11-32-28)40-25(7-1)19-43(20-26-8-2-5-23(41-26)17-38-29-33-12-13-34-29)21-27-9-3-6-24(42-27)18-39-30-35-14-15-36-30/h1-15H,16-21H2,(H2,31,32,37)(H2,33,34,38)(H2,35,36,39)/p+3. The third kappa shape index (κ3) is 8.31. The molecule has 5 aromatic heterocycles. The van der Waals surface area contributed by atoms with E-state index in [4.69, 9.17) is 15.0 Å². The SMILES string of the molecule is C1=C[NH2+]C(=[NH+]Cc2cccc(CN(Cc3cccc(CNc4ncc[nH]4)n3)Cc3cccc(CNc4[nH]cc[nH+]4)n3)n2)N1. The van der Waals surface area contributed by atoms with E-state index < -0.39 is 0 Å². The van der Waals surface area contributed by atoms with Crippen LogP contribution in [-0.2, 0) is 39.3 Å². The monoisotopic (exact) mass is 578 g/mol. The van der Waals surface area contributed by atoms with Gasteiger partial charge in [-0.2, -0.15) is 5.32 Å². The van der Waals surface area contributed by atoms with Crippen LogP contribution in [-0.4, -0.2) is 40.8 Å². The first kappa shape index (κ1) is 27.8. The van der Waals surface area contributed by atoms with Crippen molar-refractivity contribution in [3.8, 4) is 0 Å². The Hall–Kier alpha value is -5.40. The molecule has 0 unspecified atom stereocenters. The van der Waals surface area contributed by atoms with Crippen molar-refractivity contribution in [2.45, 2.75) is 39.3 Å². The van der Waals surface area contributed by atoms with Gasteiger partial charge in [0.1, 0.15) is 25.5 Å². The van der Waals surface area contributed by atoms with Crippen molar-refractivity contribution < 1.29 is 15.3 Å². The minimum atomic E-state index is 0.577. The Morgan fingerprint density at radius 1 is 0.767 bits per heavy atom. The summed E-state index contributed by atoms with van der Waals surface area (Å²) >= 11 is 0.